The Morgan fingerprint density at radius 2 is 1.30 bits per heavy atom. The van der Waals surface area contributed by atoms with E-state index in [4.69, 9.17) is 14.5 Å². The molecule has 37 heavy (non-hydrogen) atoms. The van der Waals surface area contributed by atoms with Crippen molar-refractivity contribution in [3.05, 3.63) is 0 Å². The van der Waals surface area contributed by atoms with Crippen molar-refractivity contribution in [2.75, 3.05) is 12.4 Å². The number of aliphatic carboxylic acids is 1. The highest BCUT2D eigenvalue weighted by Crippen LogP contribution is 2.30. The summed E-state index contributed by atoms with van der Waals surface area (Å²) >= 11 is 0. The van der Waals surface area contributed by atoms with Crippen molar-refractivity contribution in [1.29, 1.82) is 0 Å². The average molecular weight is 570 g/mol. The van der Waals surface area contributed by atoms with Crippen LogP contribution >= 0.6 is 8.46 Å². The van der Waals surface area contributed by atoms with E-state index in [0.29, 0.717) is 19.3 Å². The first-order chi connectivity index (χ1) is 17.7. The van der Waals surface area contributed by atoms with Crippen LogP contribution in [0, 0.1) is 0 Å². The van der Waals surface area contributed by atoms with Crippen LogP contribution in [0.4, 0.5) is 0 Å². The topological polar surface area (TPSA) is 116 Å². The molecule has 0 aliphatic heterocycles. The number of carboxylic acid groups (broad SMARTS) is 1. The number of hydrogen-bond acceptors (Lipinski definition) is 7. The zero-order valence-corrected chi connectivity index (χ0v) is 25.6. The number of unbranched alkanes of at least 4 members (excludes halogenated alkanes) is 13. The highest BCUT2D eigenvalue weighted by atomic mass is 32.2. The lowest BCUT2D eigenvalue weighted by Gasteiger charge is -2.25. The van der Waals surface area contributed by atoms with Gasteiger partial charge in [0.25, 0.3) is 0 Å². The van der Waals surface area contributed by atoms with Crippen molar-refractivity contribution in [2.45, 2.75) is 154 Å². The van der Waals surface area contributed by atoms with E-state index in [1.165, 1.54) is 38.5 Å². The molecular formula is C27H54O8PS+. The second kappa shape index (κ2) is 22.2. The van der Waals surface area contributed by atoms with Crippen molar-refractivity contribution >= 4 is 24.3 Å². The molecule has 0 spiro atoms. The van der Waals surface area contributed by atoms with Gasteiger partial charge in [0, 0.05) is 0 Å². The highest BCUT2D eigenvalue weighted by Gasteiger charge is 2.54. The van der Waals surface area contributed by atoms with Gasteiger partial charge < -0.3 is 5.11 Å². The number of carboxylic acids is 1. The summed E-state index contributed by atoms with van der Waals surface area (Å²) in [7, 11) is -4.98. The van der Waals surface area contributed by atoms with E-state index in [1.54, 1.807) is 13.8 Å². The molecule has 0 rings (SSSR count). The molecule has 8 nitrogen and oxygen atoms in total. The van der Waals surface area contributed by atoms with Crippen molar-refractivity contribution in [1.82, 2.24) is 0 Å². The maximum Gasteiger partial charge on any atom is 0.497 e. The van der Waals surface area contributed by atoms with Gasteiger partial charge in [0.2, 0.25) is 0 Å². The molecule has 0 fully saturated rings. The molecule has 0 aliphatic carbocycles. The summed E-state index contributed by atoms with van der Waals surface area (Å²) in [5.74, 6) is -1.51. The molecule has 0 bridgehead atoms. The smallest absolute Gasteiger partial charge is 0.474 e. The minimum absolute atomic E-state index is 0.0111. The van der Waals surface area contributed by atoms with Crippen LogP contribution in [0.25, 0.3) is 0 Å². The van der Waals surface area contributed by atoms with E-state index in [1.807, 2.05) is 0 Å². The maximum atomic E-state index is 13.3. The van der Waals surface area contributed by atoms with Crippen LogP contribution in [-0.4, -0.2) is 48.7 Å². The van der Waals surface area contributed by atoms with Gasteiger partial charge in [-0.3, -0.25) is 4.74 Å². The third kappa shape index (κ3) is 16.2. The molecule has 1 N–H and O–H groups in total. The molecule has 0 aromatic heterocycles. The highest BCUT2D eigenvalue weighted by molar-refractivity contribution is 7.92. The van der Waals surface area contributed by atoms with Gasteiger partial charge >= 0.3 is 20.0 Å². The molecule has 0 saturated carbocycles. The van der Waals surface area contributed by atoms with Gasteiger partial charge in [-0.05, 0) is 26.2 Å². The zero-order valence-electron chi connectivity index (χ0n) is 23.8. The molecule has 0 heterocycles. The molecule has 4 unspecified atom stereocenters. The van der Waals surface area contributed by atoms with E-state index in [-0.39, 0.29) is 12.4 Å². The van der Waals surface area contributed by atoms with Crippen LogP contribution in [-0.2, 0) is 33.7 Å². The average Bonchev–Trinajstić information content (AvgIpc) is 2.87. The van der Waals surface area contributed by atoms with Gasteiger partial charge in [-0.1, -0.05) is 115 Å². The summed E-state index contributed by atoms with van der Waals surface area (Å²) < 4.78 is 43.4. The van der Waals surface area contributed by atoms with E-state index in [2.05, 4.69) is 13.8 Å². The quantitative estimate of drug-likeness (QED) is 0.0354. The van der Waals surface area contributed by atoms with E-state index in [9.17, 15) is 22.9 Å². The minimum Gasteiger partial charge on any atom is -0.474 e. The molecule has 4 atom stereocenters. The van der Waals surface area contributed by atoms with Gasteiger partial charge in [-0.15, -0.1) is 4.89 Å². The number of carbonyl (C=O) groups is 1. The Morgan fingerprint density at radius 1 is 0.811 bits per heavy atom. The number of hydrogen-bond donors (Lipinski definition) is 1. The molecule has 0 aromatic carbocycles. The molecule has 0 saturated heterocycles. The summed E-state index contributed by atoms with van der Waals surface area (Å²) in [4.78, 5) is 22.0. The van der Waals surface area contributed by atoms with Crippen LogP contribution < -0.4 is 0 Å². The maximum absolute atomic E-state index is 13.3. The molecule has 220 valence electrons. The SMILES string of the molecule is CCCCCCCCCCCCS(=O)(=O)C(CCCCCCC)C(C)OOC(OCCC)([PH+]=O)C(=O)O. The van der Waals surface area contributed by atoms with Crippen LogP contribution in [0.5, 0.6) is 0 Å². The Morgan fingerprint density at radius 3 is 1.76 bits per heavy atom. The minimum atomic E-state index is -3.50. The predicted octanol–water partition coefficient (Wildman–Crippen LogP) is 7.58. The largest absolute Gasteiger partial charge is 0.497 e. The second-order valence-electron chi connectivity index (χ2n) is 10.0. The van der Waals surface area contributed by atoms with Gasteiger partial charge in [-0.2, -0.15) is 0 Å². The van der Waals surface area contributed by atoms with Crippen molar-refractivity contribution in [2.24, 2.45) is 0 Å². The normalized spacial score (nSPS) is 15.5. The van der Waals surface area contributed by atoms with Gasteiger partial charge in [0.1, 0.15) is 6.10 Å². The zero-order chi connectivity index (χ0) is 28.0. The predicted molar refractivity (Wildman–Crippen MR) is 150 cm³/mol. The van der Waals surface area contributed by atoms with Crippen molar-refractivity contribution < 1.29 is 37.4 Å². The van der Waals surface area contributed by atoms with Crippen LogP contribution in [0.15, 0.2) is 0 Å². The number of rotatable bonds is 27. The molecule has 0 amide bonds. The third-order valence-electron chi connectivity index (χ3n) is 6.60. The van der Waals surface area contributed by atoms with Crippen molar-refractivity contribution in [3.8, 4) is 0 Å². The number of sulfone groups is 1. The Bertz CT molecular complexity index is 688. The molecule has 0 radical (unpaired) electrons. The fourth-order valence-electron chi connectivity index (χ4n) is 4.26. The summed E-state index contributed by atoms with van der Waals surface area (Å²) in [5, 5.41) is 8.67. The lowest BCUT2D eigenvalue weighted by molar-refractivity contribution is -0.402. The molecule has 10 heteroatoms. The first-order valence-electron chi connectivity index (χ1n) is 14.5. The Labute approximate surface area is 227 Å². The van der Waals surface area contributed by atoms with Gasteiger partial charge in [-0.25, -0.2) is 18.1 Å². The van der Waals surface area contributed by atoms with Gasteiger partial charge in [0.15, 0.2) is 9.84 Å². The summed E-state index contributed by atoms with van der Waals surface area (Å²) in [6.45, 7) is 7.69. The molecule has 0 aromatic rings. The summed E-state index contributed by atoms with van der Waals surface area (Å²) in [6.07, 6.45) is 16.0. The Balaban J connectivity index is 4.96. The standard InChI is InChI=1S/C27H53O8PS/c1-5-8-10-12-13-14-15-16-18-20-23-37(31,32)25(21-19-17-11-9-6-2)24(4)34-35-27(36-30,26(28)29)33-22-7-3/h24-25H,5-23H2,1-4H3,(H,28,29)/p+1. The first kappa shape index (κ1) is 36.4. The first-order valence-corrected chi connectivity index (χ1v) is 17.2. The molecular weight excluding hydrogens is 515 g/mol. The summed E-state index contributed by atoms with van der Waals surface area (Å²) in [5.41, 5.74) is -2.46. The Hall–Kier alpha value is -0.600. The number of ether oxygens (including phenoxy) is 1. The van der Waals surface area contributed by atoms with E-state index in [0.717, 1.165) is 51.4 Å². The lowest BCUT2D eigenvalue weighted by atomic mass is 10.1. The molecule has 0 aliphatic rings. The van der Waals surface area contributed by atoms with Gasteiger partial charge in [0.05, 0.1) is 17.6 Å². The fraction of sp³-hybridized carbons (Fsp3) is 0.963. The monoisotopic (exact) mass is 569 g/mol. The second-order valence-corrected chi connectivity index (χ2v) is 13.2. The Kier molecular flexibility index (Phi) is 21.9. The lowest BCUT2D eigenvalue weighted by Crippen LogP contribution is -2.43. The summed E-state index contributed by atoms with van der Waals surface area (Å²) in [6, 6.07) is 0. The van der Waals surface area contributed by atoms with Crippen LogP contribution in [0.3, 0.4) is 0 Å². The third-order valence-corrected chi connectivity index (χ3v) is 9.71. The fourth-order valence-corrected chi connectivity index (χ4v) is 6.66. The van der Waals surface area contributed by atoms with Crippen molar-refractivity contribution in [3.63, 3.8) is 0 Å². The van der Waals surface area contributed by atoms with Crippen LogP contribution in [0.1, 0.15) is 137 Å². The van der Waals surface area contributed by atoms with E-state index < -0.39 is 41.1 Å². The van der Waals surface area contributed by atoms with E-state index >= 15 is 0 Å². The van der Waals surface area contributed by atoms with Crippen LogP contribution in [0.2, 0.25) is 0 Å².